The van der Waals surface area contributed by atoms with E-state index in [9.17, 15) is 9.59 Å². The van der Waals surface area contributed by atoms with Crippen LogP contribution in [0.2, 0.25) is 0 Å². The molecule has 1 aliphatic carbocycles. The van der Waals surface area contributed by atoms with Gasteiger partial charge in [0.05, 0.1) is 6.42 Å². The number of nitrogens with zero attached hydrogens (tertiary/aromatic N) is 1. The van der Waals surface area contributed by atoms with Crippen LogP contribution >= 0.6 is 0 Å². The average Bonchev–Trinajstić information content (AvgIpc) is 2.96. The molecular formula is C16H22N2O3. The maximum Gasteiger partial charge on any atom is 0.305 e. The Morgan fingerprint density at radius 3 is 2.57 bits per heavy atom. The number of carboxylic acids is 1. The topological polar surface area (TPSA) is 83.6 Å². The molecule has 5 heteroatoms. The average molecular weight is 290 g/mol. The molecule has 1 fully saturated rings. The third-order valence-electron chi connectivity index (χ3n) is 4.16. The third kappa shape index (κ3) is 3.82. The van der Waals surface area contributed by atoms with E-state index in [1.807, 2.05) is 30.3 Å². The molecule has 114 valence electrons. The van der Waals surface area contributed by atoms with Crippen LogP contribution in [0, 0.1) is 11.8 Å². The number of carbonyl (C=O) groups excluding carboxylic acids is 1. The van der Waals surface area contributed by atoms with Crippen molar-refractivity contribution < 1.29 is 14.7 Å². The van der Waals surface area contributed by atoms with Gasteiger partial charge in [-0.3, -0.25) is 9.59 Å². The van der Waals surface area contributed by atoms with E-state index in [1.54, 1.807) is 4.90 Å². The molecule has 5 nitrogen and oxygen atoms in total. The van der Waals surface area contributed by atoms with Crippen LogP contribution in [0.1, 0.15) is 25.7 Å². The number of hydrogen-bond donors (Lipinski definition) is 2. The molecule has 0 aromatic heterocycles. The van der Waals surface area contributed by atoms with Crippen LogP contribution in [0.5, 0.6) is 0 Å². The number of para-hydroxylation sites is 1. The largest absolute Gasteiger partial charge is 0.481 e. The molecule has 21 heavy (non-hydrogen) atoms. The summed E-state index contributed by atoms with van der Waals surface area (Å²) >= 11 is 0. The Morgan fingerprint density at radius 2 is 1.95 bits per heavy atom. The normalized spacial score (nSPS) is 21.2. The Labute approximate surface area is 124 Å². The molecule has 0 radical (unpaired) electrons. The van der Waals surface area contributed by atoms with Gasteiger partial charge in [-0.15, -0.1) is 0 Å². The van der Waals surface area contributed by atoms with E-state index in [-0.39, 0.29) is 30.7 Å². The molecule has 0 bridgehead atoms. The van der Waals surface area contributed by atoms with E-state index in [0.29, 0.717) is 6.54 Å². The van der Waals surface area contributed by atoms with Gasteiger partial charge in [-0.05, 0) is 37.4 Å². The summed E-state index contributed by atoms with van der Waals surface area (Å²) in [6, 6.07) is 9.26. The summed E-state index contributed by atoms with van der Waals surface area (Å²) in [5, 5.41) is 8.90. The molecule has 1 amide bonds. The highest BCUT2D eigenvalue weighted by atomic mass is 16.4. The first-order valence-corrected chi connectivity index (χ1v) is 7.41. The number of anilines is 1. The molecule has 1 aromatic carbocycles. The van der Waals surface area contributed by atoms with Gasteiger partial charge in [0.15, 0.2) is 0 Å². The van der Waals surface area contributed by atoms with Gasteiger partial charge in [-0.1, -0.05) is 24.6 Å². The van der Waals surface area contributed by atoms with Crippen molar-refractivity contribution in [1.29, 1.82) is 0 Å². The summed E-state index contributed by atoms with van der Waals surface area (Å²) < 4.78 is 0. The SMILES string of the molecule is NCC1CCCC1C(=O)N(CCC(=O)O)c1ccccc1. The van der Waals surface area contributed by atoms with Gasteiger partial charge in [0, 0.05) is 18.2 Å². The summed E-state index contributed by atoms with van der Waals surface area (Å²) in [5.74, 6) is -0.751. The smallest absolute Gasteiger partial charge is 0.305 e. The first kappa shape index (κ1) is 15.5. The van der Waals surface area contributed by atoms with Crippen molar-refractivity contribution in [1.82, 2.24) is 0 Å². The minimum atomic E-state index is -0.898. The molecule has 2 atom stereocenters. The summed E-state index contributed by atoms with van der Waals surface area (Å²) in [5.41, 5.74) is 6.51. The van der Waals surface area contributed by atoms with Gasteiger partial charge in [0.2, 0.25) is 5.91 Å². The van der Waals surface area contributed by atoms with Crippen LogP contribution in [0.25, 0.3) is 0 Å². The van der Waals surface area contributed by atoms with E-state index < -0.39 is 5.97 Å². The van der Waals surface area contributed by atoms with Crippen LogP contribution in [-0.2, 0) is 9.59 Å². The van der Waals surface area contributed by atoms with E-state index in [0.717, 1.165) is 24.9 Å². The Balaban J connectivity index is 2.18. The highest BCUT2D eigenvalue weighted by Gasteiger charge is 2.35. The lowest BCUT2D eigenvalue weighted by Gasteiger charge is -2.27. The van der Waals surface area contributed by atoms with Gasteiger partial charge < -0.3 is 15.7 Å². The van der Waals surface area contributed by atoms with Gasteiger partial charge in [-0.25, -0.2) is 0 Å². The molecule has 0 heterocycles. The number of carbonyl (C=O) groups is 2. The lowest BCUT2D eigenvalue weighted by molar-refractivity contribution is -0.136. The number of hydrogen-bond acceptors (Lipinski definition) is 3. The van der Waals surface area contributed by atoms with E-state index in [2.05, 4.69) is 0 Å². The van der Waals surface area contributed by atoms with Crippen molar-refractivity contribution in [2.45, 2.75) is 25.7 Å². The molecule has 1 saturated carbocycles. The standard InChI is InChI=1S/C16H22N2O3/c17-11-12-5-4-8-14(12)16(21)18(10-9-15(19)20)13-6-2-1-3-7-13/h1-3,6-7,12,14H,4-5,8-11,17H2,(H,19,20). The molecule has 1 aromatic rings. The van der Waals surface area contributed by atoms with Gasteiger partial charge in [0.25, 0.3) is 0 Å². The quantitative estimate of drug-likeness (QED) is 0.837. The second-order valence-electron chi connectivity index (χ2n) is 5.50. The van der Waals surface area contributed by atoms with Gasteiger partial charge in [-0.2, -0.15) is 0 Å². The highest BCUT2D eigenvalue weighted by Crippen LogP contribution is 2.33. The zero-order chi connectivity index (χ0) is 15.2. The number of nitrogens with two attached hydrogens (primary N) is 1. The highest BCUT2D eigenvalue weighted by molar-refractivity contribution is 5.95. The Hall–Kier alpha value is -1.88. The summed E-state index contributed by atoms with van der Waals surface area (Å²) in [4.78, 5) is 25.3. The van der Waals surface area contributed by atoms with Crippen molar-refractivity contribution in [2.75, 3.05) is 18.0 Å². The minimum Gasteiger partial charge on any atom is -0.481 e. The maximum atomic E-state index is 12.8. The second kappa shape index (κ2) is 7.22. The fraction of sp³-hybridized carbons (Fsp3) is 0.500. The molecule has 0 aliphatic heterocycles. The van der Waals surface area contributed by atoms with Crippen LogP contribution in [-0.4, -0.2) is 30.1 Å². The van der Waals surface area contributed by atoms with Crippen molar-refractivity contribution in [3.8, 4) is 0 Å². The van der Waals surface area contributed by atoms with E-state index >= 15 is 0 Å². The van der Waals surface area contributed by atoms with Crippen molar-refractivity contribution >= 4 is 17.6 Å². The fourth-order valence-electron chi connectivity index (χ4n) is 3.03. The number of carboxylic acid groups (broad SMARTS) is 1. The molecule has 2 rings (SSSR count). The van der Waals surface area contributed by atoms with E-state index in [1.165, 1.54) is 0 Å². The second-order valence-corrected chi connectivity index (χ2v) is 5.50. The van der Waals surface area contributed by atoms with Gasteiger partial charge >= 0.3 is 5.97 Å². The van der Waals surface area contributed by atoms with E-state index in [4.69, 9.17) is 10.8 Å². The summed E-state index contributed by atoms with van der Waals surface area (Å²) in [6.45, 7) is 0.712. The lowest BCUT2D eigenvalue weighted by Crippen LogP contribution is -2.40. The molecule has 0 saturated heterocycles. The summed E-state index contributed by atoms with van der Waals surface area (Å²) in [6.07, 6.45) is 2.78. The number of benzene rings is 1. The fourth-order valence-corrected chi connectivity index (χ4v) is 3.03. The molecule has 0 spiro atoms. The molecule has 3 N–H and O–H groups in total. The molecular weight excluding hydrogens is 268 g/mol. The van der Waals surface area contributed by atoms with Crippen LogP contribution in [0.15, 0.2) is 30.3 Å². The lowest BCUT2D eigenvalue weighted by atomic mass is 9.94. The first-order chi connectivity index (χ1) is 10.1. The zero-order valence-electron chi connectivity index (χ0n) is 12.1. The Kier molecular flexibility index (Phi) is 5.33. The zero-order valence-corrected chi connectivity index (χ0v) is 12.1. The number of rotatable bonds is 6. The molecule has 2 unspecified atom stereocenters. The monoisotopic (exact) mass is 290 g/mol. The number of aliphatic carboxylic acids is 1. The van der Waals surface area contributed by atoms with Crippen LogP contribution in [0.4, 0.5) is 5.69 Å². The number of amides is 1. The predicted octanol–water partition coefficient (Wildman–Crippen LogP) is 1.87. The van der Waals surface area contributed by atoms with Crippen LogP contribution in [0.3, 0.4) is 0 Å². The van der Waals surface area contributed by atoms with Crippen molar-refractivity contribution in [2.24, 2.45) is 17.6 Å². The maximum absolute atomic E-state index is 12.8. The Bertz CT molecular complexity index is 490. The first-order valence-electron chi connectivity index (χ1n) is 7.41. The minimum absolute atomic E-state index is 0.00963. The predicted molar refractivity (Wildman–Crippen MR) is 80.9 cm³/mol. The third-order valence-corrected chi connectivity index (χ3v) is 4.16. The van der Waals surface area contributed by atoms with Crippen LogP contribution < -0.4 is 10.6 Å². The van der Waals surface area contributed by atoms with Gasteiger partial charge in [0.1, 0.15) is 0 Å². The van der Waals surface area contributed by atoms with Crippen molar-refractivity contribution in [3.63, 3.8) is 0 Å². The molecule has 1 aliphatic rings. The Morgan fingerprint density at radius 1 is 1.24 bits per heavy atom. The summed E-state index contributed by atoms with van der Waals surface area (Å²) in [7, 11) is 0. The van der Waals surface area contributed by atoms with Crippen molar-refractivity contribution in [3.05, 3.63) is 30.3 Å².